The molecule has 2 amide bonds. The highest BCUT2D eigenvalue weighted by Gasteiger charge is 2.19. The fourth-order valence-corrected chi connectivity index (χ4v) is 2.89. The molecule has 29 heavy (non-hydrogen) atoms. The van der Waals surface area contributed by atoms with E-state index in [1.807, 2.05) is 93.4 Å². The third-order valence-corrected chi connectivity index (χ3v) is 4.72. The number of nitrogens with zero attached hydrogens (tertiary/aromatic N) is 3. The second-order valence-electron chi connectivity index (χ2n) is 7.57. The highest BCUT2D eigenvalue weighted by Crippen LogP contribution is 2.21. The number of hydrogen-bond acceptors (Lipinski definition) is 5. The first-order valence-electron chi connectivity index (χ1n) is 9.49. The number of carbonyl (C=O) groups excluding carboxylic acids is 2. The first-order chi connectivity index (χ1) is 13.7. The molecule has 156 valence electrons. The van der Waals surface area contributed by atoms with E-state index >= 15 is 0 Å². The number of likely N-dealkylation sites (N-methyl/N-ethyl adjacent to an activating group) is 1. The van der Waals surface area contributed by atoms with E-state index in [1.165, 1.54) is 0 Å². The van der Waals surface area contributed by atoms with Crippen LogP contribution in [0.5, 0.6) is 0 Å². The Balaban J connectivity index is 1.96. The number of amides is 2. The van der Waals surface area contributed by atoms with E-state index in [2.05, 4.69) is 10.6 Å². The Labute approximate surface area is 173 Å². The van der Waals surface area contributed by atoms with Crippen molar-refractivity contribution >= 4 is 28.9 Å². The van der Waals surface area contributed by atoms with Crippen LogP contribution in [0.2, 0.25) is 0 Å². The normalized spacial score (nSPS) is 11.7. The van der Waals surface area contributed by atoms with E-state index in [9.17, 15) is 9.59 Å². The zero-order valence-corrected chi connectivity index (χ0v) is 18.1. The second kappa shape index (κ2) is 9.93. The smallest absolute Gasteiger partial charge is 0.313 e. The highest BCUT2D eigenvalue weighted by atomic mass is 16.2. The Morgan fingerprint density at radius 1 is 0.759 bits per heavy atom. The zero-order chi connectivity index (χ0) is 21.6. The Morgan fingerprint density at radius 2 is 1.24 bits per heavy atom. The maximum absolute atomic E-state index is 12.3. The quantitative estimate of drug-likeness (QED) is 0.701. The molecule has 2 aromatic carbocycles. The van der Waals surface area contributed by atoms with Gasteiger partial charge in [0.1, 0.15) is 0 Å². The molecule has 0 fully saturated rings. The lowest BCUT2D eigenvalue weighted by Crippen LogP contribution is -2.40. The molecule has 0 aliphatic carbocycles. The SMILES string of the molecule is CN(C)c1ccc(NC(=O)C(=O)NC[C@@H](c2ccc(N(C)C)cc2)N(C)C)cc1. The van der Waals surface area contributed by atoms with Crippen LogP contribution < -0.4 is 20.4 Å². The number of anilines is 3. The van der Waals surface area contributed by atoms with Gasteiger partial charge in [-0.15, -0.1) is 0 Å². The summed E-state index contributed by atoms with van der Waals surface area (Å²) >= 11 is 0. The van der Waals surface area contributed by atoms with E-state index < -0.39 is 11.8 Å². The minimum atomic E-state index is -0.678. The van der Waals surface area contributed by atoms with Gasteiger partial charge in [0, 0.05) is 51.8 Å². The highest BCUT2D eigenvalue weighted by molar-refractivity contribution is 6.39. The van der Waals surface area contributed by atoms with Crippen molar-refractivity contribution in [1.82, 2.24) is 10.2 Å². The summed E-state index contributed by atoms with van der Waals surface area (Å²) in [6, 6.07) is 15.4. The van der Waals surface area contributed by atoms with Crippen LogP contribution in [0.1, 0.15) is 11.6 Å². The lowest BCUT2D eigenvalue weighted by atomic mass is 10.1. The summed E-state index contributed by atoms with van der Waals surface area (Å²) in [5, 5.41) is 5.37. The van der Waals surface area contributed by atoms with Gasteiger partial charge < -0.3 is 25.3 Å². The minimum Gasteiger partial charge on any atom is -0.378 e. The fraction of sp³-hybridized carbons (Fsp3) is 0.364. The molecule has 0 bridgehead atoms. The summed E-state index contributed by atoms with van der Waals surface area (Å²) in [7, 11) is 11.8. The van der Waals surface area contributed by atoms with Gasteiger partial charge in [0.25, 0.3) is 0 Å². The van der Waals surface area contributed by atoms with Gasteiger partial charge in [-0.1, -0.05) is 12.1 Å². The van der Waals surface area contributed by atoms with E-state index in [0.29, 0.717) is 12.2 Å². The molecule has 0 spiro atoms. The maximum Gasteiger partial charge on any atom is 0.313 e. The van der Waals surface area contributed by atoms with Crippen molar-refractivity contribution in [3.05, 3.63) is 54.1 Å². The summed E-state index contributed by atoms with van der Waals surface area (Å²) in [4.78, 5) is 30.5. The number of hydrogen-bond donors (Lipinski definition) is 2. The molecule has 7 heteroatoms. The monoisotopic (exact) mass is 397 g/mol. The van der Waals surface area contributed by atoms with Crippen LogP contribution >= 0.6 is 0 Å². The van der Waals surface area contributed by atoms with Crippen LogP contribution in [-0.2, 0) is 9.59 Å². The summed E-state index contributed by atoms with van der Waals surface area (Å²) in [5.41, 5.74) is 3.77. The average Bonchev–Trinajstić information content (AvgIpc) is 2.68. The van der Waals surface area contributed by atoms with Crippen LogP contribution in [0.3, 0.4) is 0 Å². The Bertz CT molecular complexity index is 814. The number of nitrogens with one attached hydrogen (secondary N) is 2. The predicted octanol–water partition coefficient (Wildman–Crippen LogP) is 2.18. The molecule has 0 aromatic heterocycles. The largest absolute Gasteiger partial charge is 0.378 e. The van der Waals surface area contributed by atoms with Gasteiger partial charge in [-0.25, -0.2) is 0 Å². The van der Waals surface area contributed by atoms with Crippen molar-refractivity contribution in [1.29, 1.82) is 0 Å². The van der Waals surface area contributed by atoms with Gasteiger partial charge in [-0.3, -0.25) is 9.59 Å². The Kier molecular flexibility index (Phi) is 7.61. The molecule has 0 aliphatic rings. The van der Waals surface area contributed by atoms with Crippen molar-refractivity contribution in [2.24, 2.45) is 0 Å². The number of rotatable bonds is 7. The lowest BCUT2D eigenvalue weighted by Gasteiger charge is -2.25. The maximum atomic E-state index is 12.3. The summed E-state index contributed by atoms with van der Waals surface area (Å²) in [6.45, 7) is 0.333. The van der Waals surface area contributed by atoms with Crippen molar-refractivity contribution in [2.75, 3.05) is 63.9 Å². The van der Waals surface area contributed by atoms with Gasteiger partial charge in [0.2, 0.25) is 0 Å². The van der Waals surface area contributed by atoms with Crippen LogP contribution in [0.15, 0.2) is 48.5 Å². The molecular weight excluding hydrogens is 366 g/mol. The molecule has 1 atom stereocenters. The molecule has 7 nitrogen and oxygen atoms in total. The van der Waals surface area contributed by atoms with Crippen LogP contribution in [-0.4, -0.2) is 65.5 Å². The van der Waals surface area contributed by atoms with Crippen LogP contribution in [0.4, 0.5) is 17.1 Å². The summed E-state index contributed by atoms with van der Waals surface area (Å²) in [5.74, 6) is -1.33. The third kappa shape index (κ3) is 6.22. The Morgan fingerprint density at radius 3 is 1.69 bits per heavy atom. The number of benzene rings is 2. The molecule has 0 unspecified atom stereocenters. The van der Waals surface area contributed by atoms with Crippen molar-refractivity contribution in [2.45, 2.75) is 6.04 Å². The standard InChI is InChI=1S/C22H31N5O2/c1-25(2)18-11-7-16(8-12-18)20(27(5)6)15-23-21(28)22(29)24-17-9-13-19(14-10-17)26(3)4/h7-14,20H,15H2,1-6H3,(H,23,28)(H,24,29)/t20-/m0/s1. The lowest BCUT2D eigenvalue weighted by molar-refractivity contribution is -0.136. The summed E-state index contributed by atoms with van der Waals surface area (Å²) < 4.78 is 0. The molecule has 0 aliphatic heterocycles. The van der Waals surface area contributed by atoms with Crippen molar-refractivity contribution in [3.8, 4) is 0 Å². The molecular formula is C22H31N5O2. The van der Waals surface area contributed by atoms with Crippen LogP contribution in [0.25, 0.3) is 0 Å². The zero-order valence-electron chi connectivity index (χ0n) is 18.1. The van der Waals surface area contributed by atoms with Crippen LogP contribution in [0, 0.1) is 0 Å². The van der Waals surface area contributed by atoms with Crippen molar-refractivity contribution < 1.29 is 9.59 Å². The predicted molar refractivity (Wildman–Crippen MR) is 120 cm³/mol. The Hall–Kier alpha value is -3.06. The molecule has 0 heterocycles. The minimum absolute atomic E-state index is 0.0395. The summed E-state index contributed by atoms with van der Waals surface area (Å²) in [6.07, 6.45) is 0. The fourth-order valence-electron chi connectivity index (χ4n) is 2.89. The molecule has 0 saturated heterocycles. The van der Waals surface area contributed by atoms with Gasteiger partial charge >= 0.3 is 11.8 Å². The van der Waals surface area contributed by atoms with E-state index in [0.717, 1.165) is 16.9 Å². The second-order valence-corrected chi connectivity index (χ2v) is 7.57. The first-order valence-corrected chi connectivity index (χ1v) is 9.49. The molecule has 2 N–H and O–H groups in total. The molecule has 0 radical (unpaired) electrons. The average molecular weight is 398 g/mol. The third-order valence-electron chi connectivity index (χ3n) is 4.72. The van der Waals surface area contributed by atoms with Crippen molar-refractivity contribution in [3.63, 3.8) is 0 Å². The number of carbonyl (C=O) groups is 2. The van der Waals surface area contributed by atoms with Gasteiger partial charge in [0.15, 0.2) is 0 Å². The van der Waals surface area contributed by atoms with E-state index in [-0.39, 0.29) is 6.04 Å². The van der Waals surface area contributed by atoms with E-state index in [1.54, 1.807) is 12.1 Å². The molecule has 2 aromatic rings. The first kappa shape index (κ1) is 22.2. The topological polar surface area (TPSA) is 67.9 Å². The van der Waals surface area contributed by atoms with E-state index in [4.69, 9.17) is 0 Å². The van der Waals surface area contributed by atoms with Gasteiger partial charge in [-0.2, -0.15) is 0 Å². The molecule has 0 saturated carbocycles. The van der Waals surface area contributed by atoms with Gasteiger partial charge in [-0.05, 0) is 56.1 Å². The van der Waals surface area contributed by atoms with Gasteiger partial charge in [0.05, 0.1) is 6.04 Å². The molecule has 2 rings (SSSR count).